The molecule has 1 aliphatic rings. The van der Waals surface area contributed by atoms with Crippen molar-refractivity contribution in [2.45, 2.75) is 25.8 Å². The molecule has 2 rings (SSSR count). The summed E-state index contributed by atoms with van der Waals surface area (Å²) in [7, 11) is 3.41. The lowest BCUT2D eigenvalue weighted by Gasteiger charge is -2.36. The summed E-state index contributed by atoms with van der Waals surface area (Å²) in [5.74, 6) is 1.19. The van der Waals surface area contributed by atoms with E-state index in [9.17, 15) is 4.79 Å². The Kier molecular flexibility index (Phi) is 4.54. The number of nitrogens with zero attached hydrogens (tertiary/aromatic N) is 4. The van der Waals surface area contributed by atoms with Crippen LogP contribution in [0.3, 0.4) is 0 Å². The summed E-state index contributed by atoms with van der Waals surface area (Å²) in [5, 5.41) is 8.22. The number of anilines is 1. The van der Waals surface area contributed by atoms with Crippen LogP contribution in [0, 0.1) is 5.92 Å². The van der Waals surface area contributed by atoms with Crippen molar-refractivity contribution in [3.05, 3.63) is 17.8 Å². The quantitative estimate of drug-likeness (QED) is 0.882. The van der Waals surface area contributed by atoms with E-state index < -0.39 is 0 Å². The van der Waals surface area contributed by atoms with Gasteiger partial charge in [-0.25, -0.2) is 0 Å². The smallest absolute Gasteiger partial charge is 0.273 e. The number of aromatic nitrogens is 2. The summed E-state index contributed by atoms with van der Waals surface area (Å²) >= 11 is 0. The summed E-state index contributed by atoms with van der Waals surface area (Å²) in [6, 6.07) is 3.88. The number of amides is 1. The fourth-order valence-electron chi connectivity index (χ4n) is 2.53. The minimum absolute atomic E-state index is 0.129. The Labute approximate surface area is 120 Å². The third-order valence-electron chi connectivity index (χ3n) is 3.92. The van der Waals surface area contributed by atoms with E-state index in [0.29, 0.717) is 11.6 Å². The van der Waals surface area contributed by atoms with Gasteiger partial charge in [0.1, 0.15) is 0 Å². The number of nitrogens with two attached hydrogens (primary N) is 1. The van der Waals surface area contributed by atoms with E-state index in [2.05, 4.69) is 22.0 Å². The minimum atomic E-state index is -0.129. The molecule has 110 valence electrons. The average Bonchev–Trinajstić information content (AvgIpc) is 2.47. The summed E-state index contributed by atoms with van der Waals surface area (Å²) in [6.45, 7) is 3.97. The van der Waals surface area contributed by atoms with Crippen molar-refractivity contribution in [1.29, 1.82) is 0 Å². The lowest BCUT2D eigenvalue weighted by atomic mass is 9.91. The lowest BCUT2D eigenvalue weighted by Crippen LogP contribution is -2.47. The topological polar surface area (TPSA) is 75.4 Å². The highest BCUT2D eigenvalue weighted by molar-refractivity contribution is 5.91. The van der Waals surface area contributed by atoms with Crippen LogP contribution < -0.4 is 10.6 Å². The zero-order valence-corrected chi connectivity index (χ0v) is 12.4. The van der Waals surface area contributed by atoms with Crippen molar-refractivity contribution in [3.8, 4) is 0 Å². The molecule has 0 saturated carbocycles. The van der Waals surface area contributed by atoms with Crippen LogP contribution in [-0.4, -0.2) is 54.2 Å². The fraction of sp³-hybridized carbons (Fsp3) is 0.643. The van der Waals surface area contributed by atoms with E-state index in [1.807, 2.05) is 6.07 Å². The lowest BCUT2D eigenvalue weighted by molar-refractivity contribution is 0.0821. The summed E-state index contributed by atoms with van der Waals surface area (Å²) in [4.78, 5) is 15.5. The monoisotopic (exact) mass is 277 g/mol. The van der Waals surface area contributed by atoms with E-state index in [1.165, 1.54) is 4.90 Å². The largest absolute Gasteiger partial charge is 0.355 e. The molecular formula is C14H23N5O. The standard InChI is InChI=1S/C14H23N5O/c1-4-10-9-19(8-7-11(10)15)13-6-5-12(16-17-13)14(20)18(2)3/h5-6,10-11H,4,7-9,15H2,1-3H3. The van der Waals surface area contributed by atoms with Gasteiger partial charge in [0, 0.05) is 33.2 Å². The first-order valence-corrected chi connectivity index (χ1v) is 7.08. The highest BCUT2D eigenvalue weighted by Crippen LogP contribution is 2.22. The second-order valence-corrected chi connectivity index (χ2v) is 5.54. The van der Waals surface area contributed by atoms with E-state index in [1.54, 1.807) is 20.2 Å². The molecule has 0 radical (unpaired) electrons. The Morgan fingerprint density at radius 3 is 2.75 bits per heavy atom. The van der Waals surface area contributed by atoms with Gasteiger partial charge < -0.3 is 15.5 Å². The predicted octanol–water partition coefficient (Wildman–Crippen LogP) is 0.742. The average molecular weight is 277 g/mol. The van der Waals surface area contributed by atoms with Gasteiger partial charge in [-0.1, -0.05) is 13.3 Å². The molecule has 0 aliphatic carbocycles. The highest BCUT2D eigenvalue weighted by atomic mass is 16.2. The third-order valence-corrected chi connectivity index (χ3v) is 3.92. The Hall–Kier alpha value is -1.69. The first-order valence-electron chi connectivity index (χ1n) is 7.08. The molecule has 1 aromatic heterocycles. The van der Waals surface area contributed by atoms with Gasteiger partial charge in [0.2, 0.25) is 0 Å². The van der Waals surface area contributed by atoms with Gasteiger partial charge in [0.25, 0.3) is 5.91 Å². The molecular weight excluding hydrogens is 254 g/mol. The van der Waals surface area contributed by atoms with Crippen LogP contribution in [0.5, 0.6) is 0 Å². The van der Waals surface area contributed by atoms with Gasteiger partial charge in [-0.3, -0.25) is 4.79 Å². The van der Waals surface area contributed by atoms with Crippen molar-refractivity contribution < 1.29 is 4.79 Å². The molecule has 6 heteroatoms. The molecule has 1 aliphatic heterocycles. The first-order chi connectivity index (χ1) is 9.52. The molecule has 0 spiro atoms. The minimum Gasteiger partial charge on any atom is -0.355 e. The molecule has 1 amide bonds. The van der Waals surface area contributed by atoms with Crippen LogP contribution in [0.2, 0.25) is 0 Å². The first kappa shape index (κ1) is 14.7. The van der Waals surface area contributed by atoms with E-state index in [4.69, 9.17) is 5.73 Å². The summed E-state index contributed by atoms with van der Waals surface area (Å²) in [5.41, 5.74) is 6.49. The molecule has 0 aromatic carbocycles. The molecule has 6 nitrogen and oxygen atoms in total. The van der Waals surface area contributed by atoms with Crippen molar-refractivity contribution in [1.82, 2.24) is 15.1 Å². The molecule has 1 fully saturated rings. The van der Waals surface area contributed by atoms with Gasteiger partial charge >= 0.3 is 0 Å². The zero-order chi connectivity index (χ0) is 14.7. The number of carbonyl (C=O) groups is 1. The normalized spacial score (nSPS) is 22.7. The zero-order valence-electron chi connectivity index (χ0n) is 12.4. The van der Waals surface area contributed by atoms with Gasteiger partial charge in [-0.2, -0.15) is 0 Å². The molecule has 0 bridgehead atoms. The second-order valence-electron chi connectivity index (χ2n) is 5.54. The maximum Gasteiger partial charge on any atom is 0.273 e. The van der Waals surface area contributed by atoms with Crippen molar-refractivity contribution >= 4 is 11.7 Å². The Morgan fingerprint density at radius 2 is 2.20 bits per heavy atom. The maximum atomic E-state index is 11.8. The Bertz CT molecular complexity index is 459. The van der Waals surface area contributed by atoms with Gasteiger partial charge in [-0.05, 0) is 24.5 Å². The van der Waals surface area contributed by atoms with Crippen LogP contribution in [0.4, 0.5) is 5.82 Å². The van der Waals surface area contributed by atoms with Crippen LogP contribution in [0.25, 0.3) is 0 Å². The molecule has 2 heterocycles. The summed E-state index contributed by atoms with van der Waals surface area (Å²) in [6.07, 6.45) is 2.04. The van der Waals surface area contributed by atoms with Crippen LogP contribution >= 0.6 is 0 Å². The number of carbonyl (C=O) groups excluding carboxylic acids is 1. The molecule has 1 aromatic rings. The SMILES string of the molecule is CCC1CN(c2ccc(C(=O)N(C)C)nn2)CCC1N. The third kappa shape index (κ3) is 3.07. The van der Waals surface area contributed by atoms with Crippen LogP contribution in [-0.2, 0) is 0 Å². The number of piperidine rings is 1. The number of hydrogen-bond acceptors (Lipinski definition) is 5. The predicted molar refractivity (Wildman–Crippen MR) is 78.6 cm³/mol. The molecule has 20 heavy (non-hydrogen) atoms. The molecule has 2 unspecified atom stereocenters. The van der Waals surface area contributed by atoms with E-state index in [-0.39, 0.29) is 11.9 Å². The summed E-state index contributed by atoms with van der Waals surface area (Å²) < 4.78 is 0. The Balaban J connectivity index is 2.08. The van der Waals surface area contributed by atoms with E-state index in [0.717, 1.165) is 31.7 Å². The van der Waals surface area contributed by atoms with Crippen molar-refractivity contribution in [3.63, 3.8) is 0 Å². The van der Waals surface area contributed by atoms with Gasteiger partial charge in [-0.15, -0.1) is 10.2 Å². The van der Waals surface area contributed by atoms with Crippen LogP contribution in [0.1, 0.15) is 30.3 Å². The van der Waals surface area contributed by atoms with Crippen LogP contribution in [0.15, 0.2) is 12.1 Å². The number of hydrogen-bond donors (Lipinski definition) is 1. The van der Waals surface area contributed by atoms with E-state index >= 15 is 0 Å². The van der Waals surface area contributed by atoms with Crippen molar-refractivity contribution in [2.75, 3.05) is 32.1 Å². The fourth-order valence-corrected chi connectivity index (χ4v) is 2.53. The highest BCUT2D eigenvalue weighted by Gasteiger charge is 2.26. The molecule has 1 saturated heterocycles. The number of rotatable bonds is 3. The van der Waals surface area contributed by atoms with Gasteiger partial charge in [0.05, 0.1) is 0 Å². The van der Waals surface area contributed by atoms with Crippen molar-refractivity contribution in [2.24, 2.45) is 11.7 Å². The van der Waals surface area contributed by atoms with Gasteiger partial charge in [0.15, 0.2) is 11.5 Å². The molecule has 2 N–H and O–H groups in total. The second kappa shape index (κ2) is 6.17. The molecule has 2 atom stereocenters. The maximum absolute atomic E-state index is 11.8. The Morgan fingerprint density at radius 1 is 1.45 bits per heavy atom.